The lowest BCUT2D eigenvalue weighted by molar-refractivity contribution is -0.147. The fraction of sp³-hybridized carbons (Fsp3) is 0.846. The Morgan fingerprint density at radius 3 is 2.95 bits per heavy atom. The highest BCUT2D eigenvalue weighted by atomic mass is 32.2. The fourth-order valence-corrected chi connectivity index (χ4v) is 3.97. The maximum absolute atomic E-state index is 11.3. The fourth-order valence-electron chi connectivity index (χ4n) is 2.43. The first-order chi connectivity index (χ1) is 9.08. The minimum atomic E-state index is -0.123. The first-order valence-electron chi connectivity index (χ1n) is 6.93. The summed E-state index contributed by atoms with van der Waals surface area (Å²) in [6, 6.07) is 0.531. The number of hydrogen-bond donors (Lipinski definition) is 2. The van der Waals surface area contributed by atoms with E-state index in [1.54, 1.807) is 0 Å². The molecule has 0 aliphatic carbocycles. The van der Waals surface area contributed by atoms with Crippen LogP contribution in [0.4, 0.5) is 4.79 Å². The van der Waals surface area contributed by atoms with E-state index in [-0.39, 0.29) is 24.0 Å². The second-order valence-corrected chi connectivity index (χ2v) is 6.71. The number of urea groups is 1. The summed E-state index contributed by atoms with van der Waals surface area (Å²) >= 11 is 1.92. The van der Waals surface area contributed by atoms with Crippen LogP contribution in [0.15, 0.2) is 0 Å². The molecule has 2 rings (SSSR count). The molecule has 0 spiro atoms. The van der Waals surface area contributed by atoms with Crippen molar-refractivity contribution in [3.63, 3.8) is 0 Å². The molecule has 2 amide bonds. The highest BCUT2D eigenvalue weighted by Gasteiger charge is 2.42. The van der Waals surface area contributed by atoms with Crippen LogP contribution in [0, 0.1) is 5.92 Å². The summed E-state index contributed by atoms with van der Waals surface area (Å²) < 4.78 is 5.14. The third-order valence-electron chi connectivity index (χ3n) is 3.54. The van der Waals surface area contributed by atoms with Crippen LogP contribution in [0.1, 0.15) is 33.1 Å². The maximum atomic E-state index is 11.3. The lowest BCUT2D eigenvalue weighted by atomic mass is 10.0. The lowest BCUT2D eigenvalue weighted by Gasteiger charge is -2.16. The number of fused-ring (bicyclic) bond motifs is 1. The zero-order valence-corrected chi connectivity index (χ0v) is 12.3. The maximum Gasteiger partial charge on any atom is 0.315 e. The van der Waals surface area contributed by atoms with Crippen molar-refractivity contribution in [2.24, 2.45) is 5.92 Å². The van der Waals surface area contributed by atoms with E-state index in [0.717, 1.165) is 25.0 Å². The van der Waals surface area contributed by atoms with Crippen LogP contribution in [0.25, 0.3) is 0 Å². The van der Waals surface area contributed by atoms with Crippen LogP contribution >= 0.6 is 11.8 Å². The quantitative estimate of drug-likeness (QED) is 0.441. The van der Waals surface area contributed by atoms with Crippen molar-refractivity contribution in [2.75, 3.05) is 12.4 Å². The van der Waals surface area contributed by atoms with Gasteiger partial charge in [-0.2, -0.15) is 11.8 Å². The van der Waals surface area contributed by atoms with E-state index >= 15 is 0 Å². The minimum Gasteiger partial charge on any atom is -0.465 e. The summed E-state index contributed by atoms with van der Waals surface area (Å²) in [5.41, 5.74) is 0. The van der Waals surface area contributed by atoms with Gasteiger partial charge < -0.3 is 15.4 Å². The molecule has 0 aromatic carbocycles. The molecule has 108 valence electrons. The summed E-state index contributed by atoms with van der Waals surface area (Å²) in [6.07, 6.45) is 2.99. The van der Waals surface area contributed by atoms with Crippen molar-refractivity contribution in [3.8, 4) is 0 Å². The van der Waals surface area contributed by atoms with E-state index in [9.17, 15) is 9.59 Å². The molecule has 3 atom stereocenters. The van der Waals surface area contributed by atoms with Crippen molar-refractivity contribution in [3.05, 3.63) is 0 Å². The Hall–Kier alpha value is -0.910. The molecule has 0 bridgehead atoms. The standard InChI is InChI=1S/C13H22N2O3S/c1-8(2)12(16)18-6-4-3-5-10-11-9(7-19-10)14-13(17)15-11/h8-11H,3-7H2,1-2H3,(H2,14,15,17)/t9-,10-,11-/m0/s1. The molecule has 0 saturated carbocycles. The number of ether oxygens (including phenoxy) is 1. The molecule has 0 unspecified atom stereocenters. The van der Waals surface area contributed by atoms with E-state index < -0.39 is 0 Å². The molecule has 2 heterocycles. The van der Waals surface area contributed by atoms with Gasteiger partial charge in [-0.05, 0) is 19.3 Å². The third kappa shape index (κ3) is 3.78. The lowest BCUT2D eigenvalue weighted by Crippen LogP contribution is -2.36. The summed E-state index contributed by atoms with van der Waals surface area (Å²) in [7, 11) is 0. The Balaban J connectivity index is 1.59. The predicted molar refractivity (Wildman–Crippen MR) is 75.1 cm³/mol. The molecule has 0 aromatic rings. The number of carbonyl (C=O) groups is 2. The Labute approximate surface area is 118 Å². The Kier molecular flexibility index (Phi) is 4.96. The average Bonchev–Trinajstić information content (AvgIpc) is 2.88. The number of amides is 2. The first-order valence-corrected chi connectivity index (χ1v) is 7.98. The average molecular weight is 286 g/mol. The van der Waals surface area contributed by atoms with E-state index in [1.165, 1.54) is 0 Å². The smallest absolute Gasteiger partial charge is 0.315 e. The summed E-state index contributed by atoms with van der Waals surface area (Å²) in [5.74, 6) is 0.824. The molecule has 2 N–H and O–H groups in total. The third-order valence-corrected chi connectivity index (χ3v) is 5.05. The first kappa shape index (κ1) is 14.5. The Bertz CT molecular complexity index is 349. The highest BCUT2D eigenvalue weighted by molar-refractivity contribution is 8.00. The van der Waals surface area contributed by atoms with Gasteiger partial charge in [-0.3, -0.25) is 4.79 Å². The molecule has 2 saturated heterocycles. The molecule has 6 heteroatoms. The van der Waals surface area contributed by atoms with Crippen molar-refractivity contribution in [1.82, 2.24) is 10.6 Å². The van der Waals surface area contributed by atoms with Gasteiger partial charge in [-0.1, -0.05) is 13.8 Å². The number of thioether (sulfide) groups is 1. The van der Waals surface area contributed by atoms with Gasteiger partial charge in [-0.15, -0.1) is 0 Å². The van der Waals surface area contributed by atoms with Crippen LogP contribution < -0.4 is 10.6 Å². The molecule has 2 aliphatic rings. The van der Waals surface area contributed by atoms with E-state index in [4.69, 9.17) is 4.74 Å². The minimum absolute atomic E-state index is 0.0360. The van der Waals surface area contributed by atoms with E-state index in [1.807, 2.05) is 25.6 Å². The van der Waals surface area contributed by atoms with Crippen LogP contribution in [-0.2, 0) is 9.53 Å². The molecular weight excluding hydrogens is 264 g/mol. The number of hydrogen-bond acceptors (Lipinski definition) is 4. The van der Waals surface area contributed by atoms with Crippen molar-refractivity contribution in [1.29, 1.82) is 0 Å². The van der Waals surface area contributed by atoms with E-state index in [2.05, 4.69) is 10.6 Å². The van der Waals surface area contributed by atoms with Crippen LogP contribution in [-0.4, -0.2) is 41.7 Å². The molecule has 19 heavy (non-hydrogen) atoms. The highest BCUT2D eigenvalue weighted by Crippen LogP contribution is 2.32. The van der Waals surface area contributed by atoms with Crippen LogP contribution in [0.2, 0.25) is 0 Å². The molecular formula is C13H22N2O3S. The zero-order chi connectivity index (χ0) is 13.8. The van der Waals surface area contributed by atoms with E-state index in [0.29, 0.717) is 17.9 Å². The number of carbonyl (C=O) groups excluding carboxylic acids is 2. The van der Waals surface area contributed by atoms with Gasteiger partial charge in [0.2, 0.25) is 0 Å². The van der Waals surface area contributed by atoms with Gasteiger partial charge in [0.15, 0.2) is 0 Å². The van der Waals surface area contributed by atoms with Crippen molar-refractivity contribution >= 4 is 23.8 Å². The number of nitrogens with one attached hydrogen (secondary N) is 2. The largest absolute Gasteiger partial charge is 0.465 e. The van der Waals surface area contributed by atoms with Crippen molar-refractivity contribution in [2.45, 2.75) is 50.4 Å². The number of esters is 1. The second-order valence-electron chi connectivity index (χ2n) is 5.44. The van der Waals surface area contributed by atoms with Crippen LogP contribution in [0.5, 0.6) is 0 Å². The Morgan fingerprint density at radius 2 is 2.21 bits per heavy atom. The van der Waals surface area contributed by atoms with Crippen molar-refractivity contribution < 1.29 is 14.3 Å². The summed E-state index contributed by atoms with van der Waals surface area (Å²) in [4.78, 5) is 22.5. The molecule has 2 fully saturated rings. The molecule has 0 radical (unpaired) electrons. The normalized spacial score (nSPS) is 29.0. The summed E-state index contributed by atoms with van der Waals surface area (Å²) in [5, 5.41) is 6.41. The molecule has 0 aromatic heterocycles. The summed E-state index contributed by atoms with van der Waals surface area (Å²) in [6.45, 7) is 4.19. The van der Waals surface area contributed by atoms with Gasteiger partial charge in [0.25, 0.3) is 0 Å². The molecule has 2 aliphatic heterocycles. The topological polar surface area (TPSA) is 67.4 Å². The molecule has 5 nitrogen and oxygen atoms in total. The van der Waals surface area contributed by atoms with Gasteiger partial charge in [0.05, 0.1) is 24.6 Å². The Morgan fingerprint density at radius 1 is 1.42 bits per heavy atom. The zero-order valence-electron chi connectivity index (χ0n) is 11.5. The number of rotatable bonds is 6. The second kappa shape index (κ2) is 6.50. The van der Waals surface area contributed by atoms with Gasteiger partial charge in [0, 0.05) is 11.0 Å². The number of unbranched alkanes of at least 4 members (excludes halogenated alkanes) is 1. The van der Waals surface area contributed by atoms with Gasteiger partial charge >= 0.3 is 12.0 Å². The SMILES string of the molecule is CC(C)C(=O)OCCCC[C@@H]1SC[C@@H]2NC(=O)N[C@@H]21. The predicted octanol–water partition coefficient (Wildman–Crippen LogP) is 1.52. The van der Waals surface area contributed by atoms with Gasteiger partial charge in [0.1, 0.15) is 0 Å². The van der Waals surface area contributed by atoms with Crippen LogP contribution in [0.3, 0.4) is 0 Å². The van der Waals surface area contributed by atoms with Gasteiger partial charge in [-0.25, -0.2) is 4.79 Å². The monoisotopic (exact) mass is 286 g/mol.